The van der Waals surface area contributed by atoms with Crippen LogP contribution in [-0.2, 0) is 0 Å². The molecule has 136 valence electrons. The third-order valence-electron chi connectivity index (χ3n) is 3.63. The van der Waals surface area contributed by atoms with E-state index in [-0.39, 0.29) is 29.7 Å². The SMILES string of the molecule is Cc1cc(C(=O)NC[C@@](C)(CC(C)C)NC(=O)c2cc(C)on2)no1. The monoisotopic (exact) mass is 348 g/mol. The topological polar surface area (TPSA) is 110 Å². The Morgan fingerprint density at radius 2 is 1.60 bits per heavy atom. The zero-order valence-electron chi connectivity index (χ0n) is 15.2. The second-order valence-electron chi connectivity index (χ2n) is 6.94. The molecule has 0 aliphatic carbocycles. The highest BCUT2D eigenvalue weighted by atomic mass is 16.5. The van der Waals surface area contributed by atoms with Gasteiger partial charge >= 0.3 is 0 Å². The lowest BCUT2D eigenvalue weighted by molar-refractivity contribution is 0.0851. The Labute approximate surface area is 146 Å². The Morgan fingerprint density at radius 1 is 1.08 bits per heavy atom. The standard InChI is InChI=1S/C17H24N4O4/c1-10(2)8-17(5,19-16(23)14-7-12(4)25-21-14)9-18-15(22)13-6-11(3)24-20-13/h6-7,10H,8-9H2,1-5H3,(H,18,22)(H,19,23)/t17-/m1/s1. The Bertz CT molecular complexity index is 749. The minimum absolute atomic E-state index is 0.211. The molecule has 0 saturated heterocycles. The van der Waals surface area contributed by atoms with E-state index >= 15 is 0 Å². The second kappa shape index (κ2) is 7.50. The minimum atomic E-state index is -0.646. The number of nitrogens with one attached hydrogen (secondary N) is 2. The molecular weight excluding hydrogens is 324 g/mol. The Morgan fingerprint density at radius 3 is 2.04 bits per heavy atom. The average Bonchev–Trinajstić information content (AvgIpc) is 3.12. The number of nitrogens with zero attached hydrogens (tertiary/aromatic N) is 2. The lowest BCUT2D eigenvalue weighted by Gasteiger charge is -2.32. The molecule has 2 rings (SSSR count). The van der Waals surface area contributed by atoms with E-state index in [1.165, 1.54) is 0 Å². The van der Waals surface area contributed by atoms with Crippen LogP contribution in [0.1, 0.15) is 59.7 Å². The number of hydrogen-bond acceptors (Lipinski definition) is 6. The van der Waals surface area contributed by atoms with Crippen LogP contribution in [0.3, 0.4) is 0 Å². The van der Waals surface area contributed by atoms with Crippen LogP contribution in [0.15, 0.2) is 21.2 Å². The quantitative estimate of drug-likeness (QED) is 0.794. The summed E-state index contributed by atoms with van der Waals surface area (Å²) in [6.45, 7) is 9.66. The van der Waals surface area contributed by atoms with Gasteiger partial charge in [-0.25, -0.2) is 0 Å². The lowest BCUT2D eigenvalue weighted by Crippen LogP contribution is -2.54. The van der Waals surface area contributed by atoms with Gasteiger partial charge in [-0.05, 0) is 33.1 Å². The smallest absolute Gasteiger partial charge is 0.273 e. The Hall–Kier alpha value is -2.64. The van der Waals surface area contributed by atoms with Crippen molar-refractivity contribution in [1.82, 2.24) is 20.9 Å². The number of hydrogen-bond donors (Lipinski definition) is 2. The van der Waals surface area contributed by atoms with E-state index < -0.39 is 5.54 Å². The van der Waals surface area contributed by atoms with Gasteiger partial charge in [0.05, 0.1) is 5.54 Å². The molecular formula is C17H24N4O4. The Kier molecular flexibility index (Phi) is 5.61. The van der Waals surface area contributed by atoms with Crippen molar-refractivity contribution in [3.8, 4) is 0 Å². The van der Waals surface area contributed by atoms with E-state index in [0.29, 0.717) is 23.9 Å². The zero-order chi connectivity index (χ0) is 18.6. The molecule has 0 saturated carbocycles. The van der Waals surface area contributed by atoms with E-state index in [4.69, 9.17) is 9.05 Å². The van der Waals surface area contributed by atoms with E-state index in [9.17, 15) is 9.59 Å². The first-order chi connectivity index (χ1) is 11.7. The number of carbonyl (C=O) groups is 2. The molecule has 8 heteroatoms. The number of aryl methyl sites for hydroxylation is 2. The van der Waals surface area contributed by atoms with E-state index in [2.05, 4.69) is 20.9 Å². The van der Waals surface area contributed by atoms with Crippen LogP contribution in [0.4, 0.5) is 0 Å². The summed E-state index contributed by atoms with van der Waals surface area (Å²) in [6, 6.07) is 3.13. The van der Waals surface area contributed by atoms with Gasteiger partial charge in [0.2, 0.25) is 0 Å². The summed E-state index contributed by atoms with van der Waals surface area (Å²) in [4.78, 5) is 24.6. The molecule has 0 aliphatic rings. The molecule has 0 bridgehead atoms. The summed E-state index contributed by atoms with van der Waals surface area (Å²) in [6.07, 6.45) is 0.674. The van der Waals surface area contributed by atoms with E-state index in [0.717, 1.165) is 0 Å². The van der Waals surface area contributed by atoms with Crippen LogP contribution in [0.5, 0.6) is 0 Å². The maximum atomic E-state index is 12.4. The van der Waals surface area contributed by atoms with Crippen molar-refractivity contribution in [1.29, 1.82) is 0 Å². The zero-order valence-corrected chi connectivity index (χ0v) is 15.2. The molecule has 2 heterocycles. The first-order valence-corrected chi connectivity index (χ1v) is 8.16. The molecule has 1 atom stereocenters. The van der Waals surface area contributed by atoms with Gasteiger partial charge in [0.15, 0.2) is 11.4 Å². The number of amides is 2. The van der Waals surface area contributed by atoms with E-state index in [1.54, 1.807) is 26.0 Å². The van der Waals surface area contributed by atoms with Gasteiger partial charge < -0.3 is 19.7 Å². The maximum absolute atomic E-state index is 12.4. The molecule has 0 spiro atoms. The molecule has 0 radical (unpaired) electrons. The van der Waals surface area contributed by atoms with Gasteiger partial charge in [0.25, 0.3) is 11.8 Å². The van der Waals surface area contributed by atoms with Crippen LogP contribution >= 0.6 is 0 Å². The summed E-state index contributed by atoms with van der Waals surface area (Å²) in [5.41, 5.74) is -0.221. The van der Waals surface area contributed by atoms with Crippen molar-refractivity contribution in [2.45, 2.75) is 46.6 Å². The molecule has 2 N–H and O–H groups in total. The molecule has 25 heavy (non-hydrogen) atoms. The second-order valence-corrected chi connectivity index (χ2v) is 6.94. The fourth-order valence-electron chi connectivity index (χ4n) is 2.72. The van der Waals surface area contributed by atoms with Crippen molar-refractivity contribution < 1.29 is 18.6 Å². The predicted molar refractivity (Wildman–Crippen MR) is 90.1 cm³/mol. The van der Waals surface area contributed by atoms with Gasteiger partial charge in [-0.3, -0.25) is 9.59 Å². The average molecular weight is 348 g/mol. The van der Waals surface area contributed by atoms with Crippen LogP contribution < -0.4 is 10.6 Å². The summed E-state index contributed by atoms with van der Waals surface area (Å²) in [7, 11) is 0. The van der Waals surface area contributed by atoms with Crippen molar-refractivity contribution in [3.63, 3.8) is 0 Å². The summed E-state index contributed by atoms with van der Waals surface area (Å²) >= 11 is 0. The van der Waals surface area contributed by atoms with Gasteiger partial charge in [-0.15, -0.1) is 0 Å². The highest BCUT2D eigenvalue weighted by Gasteiger charge is 2.30. The number of rotatable bonds is 7. The van der Waals surface area contributed by atoms with Gasteiger partial charge in [-0.1, -0.05) is 24.2 Å². The largest absolute Gasteiger partial charge is 0.361 e. The van der Waals surface area contributed by atoms with Crippen molar-refractivity contribution in [3.05, 3.63) is 35.0 Å². The predicted octanol–water partition coefficient (Wildman–Crippen LogP) is 2.24. The Balaban J connectivity index is 2.05. The summed E-state index contributed by atoms with van der Waals surface area (Å²) in [5, 5.41) is 13.2. The van der Waals surface area contributed by atoms with Crippen LogP contribution in [0.2, 0.25) is 0 Å². The summed E-state index contributed by atoms with van der Waals surface area (Å²) in [5.74, 6) is 0.746. The van der Waals surface area contributed by atoms with Crippen LogP contribution in [0, 0.1) is 19.8 Å². The van der Waals surface area contributed by atoms with E-state index in [1.807, 2.05) is 20.8 Å². The third-order valence-corrected chi connectivity index (χ3v) is 3.63. The fourth-order valence-corrected chi connectivity index (χ4v) is 2.72. The molecule has 0 aliphatic heterocycles. The highest BCUT2D eigenvalue weighted by molar-refractivity contribution is 5.93. The number of aromatic nitrogens is 2. The first-order valence-electron chi connectivity index (χ1n) is 8.16. The van der Waals surface area contributed by atoms with Crippen LogP contribution in [-0.4, -0.2) is 34.2 Å². The maximum Gasteiger partial charge on any atom is 0.273 e. The normalized spacial score (nSPS) is 13.5. The minimum Gasteiger partial charge on any atom is -0.361 e. The van der Waals surface area contributed by atoms with Crippen molar-refractivity contribution in [2.24, 2.45) is 5.92 Å². The number of carbonyl (C=O) groups excluding carboxylic acids is 2. The van der Waals surface area contributed by atoms with Gasteiger partial charge in [-0.2, -0.15) is 0 Å². The van der Waals surface area contributed by atoms with Crippen molar-refractivity contribution >= 4 is 11.8 Å². The first kappa shape index (κ1) is 18.7. The molecule has 0 fully saturated rings. The summed E-state index contributed by atoms with van der Waals surface area (Å²) < 4.78 is 9.85. The van der Waals surface area contributed by atoms with Crippen molar-refractivity contribution in [2.75, 3.05) is 6.54 Å². The lowest BCUT2D eigenvalue weighted by atomic mass is 9.90. The molecule has 2 aromatic rings. The third kappa shape index (κ3) is 5.17. The molecule has 8 nitrogen and oxygen atoms in total. The molecule has 0 aromatic carbocycles. The molecule has 2 aromatic heterocycles. The van der Waals surface area contributed by atoms with Crippen LogP contribution in [0.25, 0.3) is 0 Å². The fraction of sp³-hybridized carbons (Fsp3) is 0.529. The molecule has 2 amide bonds. The van der Waals surface area contributed by atoms with Gasteiger partial charge in [0.1, 0.15) is 11.5 Å². The van der Waals surface area contributed by atoms with Gasteiger partial charge in [0, 0.05) is 18.7 Å². The highest BCUT2D eigenvalue weighted by Crippen LogP contribution is 2.17. The molecule has 0 unspecified atom stereocenters.